The van der Waals surface area contributed by atoms with Crippen LogP contribution in [0.4, 0.5) is 0 Å². The fourth-order valence-corrected chi connectivity index (χ4v) is 2.22. The lowest BCUT2D eigenvalue weighted by atomic mass is 10.2. The van der Waals surface area contributed by atoms with Crippen LogP contribution in [0.2, 0.25) is 0 Å². The van der Waals surface area contributed by atoms with Crippen molar-refractivity contribution in [1.29, 1.82) is 0 Å². The van der Waals surface area contributed by atoms with Crippen molar-refractivity contribution in [1.82, 2.24) is 0 Å². The molecule has 4 nitrogen and oxygen atoms in total. The van der Waals surface area contributed by atoms with Crippen molar-refractivity contribution in [2.24, 2.45) is 9.98 Å². The van der Waals surface area contributed by atoms with E-state index < -0.39 is 0 Å². The van der Waals surface area contributed by atoms with E-state index in [-0.39, 0.29) is 25.0 Å². The van der Waals surface area contributed by atoms with Gasteiger partial charge in [-0.1, -0.05) is 48.5 Å². The van der Waals surface area contributed by atoms with Crippen LogP contribution in [0.5, 0.6) is 0 Å². The van der Waals surface area contributed by atoms with Crippen molar-refractivity contribution in [2.45, 2.75) is 19.1 Å². The molecule has 0 radical (unpaired) electrons. The predicted octanol–water partition coefficient (Wildman–Crippen LogP) is 1.63. The Morgan fingerprint density at radius 3 is 2.68 bits per heavy atom. The molecule has 1 aliphatic rings. The van der Waals surface area contributed by atoms with Crippen LogP contribution in [-0.2, 0) is 16.1 Å². The fourth-order valence-electron chi connectivity index (χ4n) is 2.22. The molecular formula is C18H16N2O2. The van der Waals surface area contributed by atoms with Crippen LogP contribution in [0.15, 0.2) is 64.6 Å². The molecule has 0 aromatic heterocycles. The highest BCUT2D eigenvalue weighted by atomic mass is 16.5. The molecular weight excluding hydrogens is 276 g/mol. The minimum atomic E-state index is -0.289. The number of para-hydroxylation sites is 1. The van der Waals surface area contributed by atoms with E-state index in [0.717, 1.165) is 16.1 Å². The number of rotatable bonds is 4. The molecule has 22 heavy (non-hydrogen) atoms. The van der Waals surface area contributed by atoms with Gasteiger partial charge in [-0.2, -0.15) is 0 Å². The third-order valence-corrected chi connectivity index (χ3v) is 3.33. The summed E-state index contributed by atoms with van der Waals surface area (Å²) in [5, 5.41) is 1.81. The van der Waals surface area contributed by atoms with Gasteiger partial charge < -0.3 is 4.74 Å². The van der Waals surface area contributed by atoms with Crippen molar-refractivity contribution >= 4 is 18.4 Å². The van der Waals surface area contributed by atoms with E-state index in [2.05, 4.69) is 9.98 Å². The van der Waals surface area contributed by atoms with Crippen LogP contribution in [0.3, 0.4) is 0 Å². The number of esters is 1. The Labute approximate surface area is 128 Å². The first-order valence-corrected chi connectivity index (χ1v) is 7.17. The van der Waals surface area contributed by atoms with Gasteiger partial charge in [-0.05, 0) is 11.6 Å². The molecule has 1 unspecified atom stereocenters. The minimum absolute atomic E-state index is 0.193. The van der Waals surface area contributed by atoms with Crippen LogP contribution >= 0.6 is 0 Å². The van der Waals surface area contributed by atoms with Crippen molar-refractivity contribution in [3.63, 3.8) is 0 Å². The molecule has 110 valence electrons. The molecule has 0 aliphatic carbocycles. The Hall–Kier alpha value is -2.75. The molecule has 0 fully saturated rings. The first kappa shape index (κ1) is 14.2. The summed E-state index contributed by atoms with van der Waals surface area (Å²) in [4.78, 5) is 20.7. The smallest absolute Gasteiger partial charge is 0.308 e. The Balaban J connectivity index is 1.63. The fraction of sp³-hybridized carbons (Fsp3) is 0.167. The highest BCUT2D eigenvalue weighted by molar-refractivity contribution is 5.78. The van der Waals surface area contributed by atoms with Gasteiger partial charge in [-0.25, -0.2) is 0 Å². The van der Waals surface area contributed by atoms with E-state index in [4.69, 9.17) is 4.74 Å². The summed E-state index contributed by atoms with van der Waals surface area (Å²) in [5.74, 6) is -0.275. The van der Waals surface area contributed by atoms with Gasteiger partial charge in [0.15, 0.2) is 0 Å². The van der Waals surface area contributed by atoms with Gasteiger partial charge in [-0.3, -0.25) is 14.8 Å². The van der Waals surface area contributed by atoms with Gasteiger partial charge in [0.1, 0.15) is 6.61 Å². The molecule has 0 N–H and O–H groups in total. The summed E-state index contributed by atoms with van der Waals surface area (Å²) < 4.78 is 5.29. The normalized spacial score (nSPS) is 15.9. The van der Waals surface area contributed by atoms with Gasteiger partial charge in [-0.15, -0.1) is 0 Å². The maximum absolute atomic E-state index is 12.0. The standard InChI is InChI=1S/C18H16N2O2/c21-18(22-13-14-6-2-1-3-7-14)10-16-12-19-11-15-8-4-5-9-17(15)20-16/h1-9,11-12,16H,10,13H2. The van der Waals surface area contributed by atoms with Gasteiger partial charge in [0, 0.05) is 17.6 Å². The average molecular weight is 292 g/mol. The molecule has 0 amide bonds. The summed E-state index contributed by atoms with van der Waals surface area (Å²) >= 11 is 0. The van der Waals surface area contributed by atoms with Crippen molar-refractivity contribution < 1.29 is 9.53 Å². The zero-order chi connectivity index (χ0) is 15.2. The van der Waals surface area contributed by atoms with Crippen molar-refractivity contribution in [3.8, 4) is 0 Å². The number of carbonyl (C=O) groups excluding carboxylic acids is 1. The molecule has 1 aliphatic heterocycles. The van der Waals surface area contributed by atoms with Crippen LogP contribution in [0, 0.1) is 0 Å². The SMILES string of the molecule is O=C(CC1C=NC=c2ccccc2=N1)OCc1ccccc1. The quantitative estimate of drug-likeness (QED) is 0.804. The van der Waals surface area contributed by atoms with E-state index in [9.17, 15) is 4.79 Å². The van der Waals surface area contributed by atoms with Crippen molar-refractivity contribution in [3.05, 3.63) is 70.7 Å². The molecule has 1 heterocycles. The minimum Gasteiger partial charge on any atom is -0.461 e. The number of hydrogen-bond donors (Lipinski definition) is 0. The lowest BCUT2D eigenvalue weighted by Crippen LogP contribution is -2.26. The Morgan fingerprint density at radius 2 is 1.82 bits per heavy atom. The molecule has 2 aromatic rings. The Morgan fingerprint density at radius 1 is 1.05 bits per heavy atom. The molecule has 2 aromatic carbocycles. The maximum Gasteiger partial charge on any atom is 0.308 e. The predicted molar refractivity (Wildman–Crippen MR) is 84.8 cm³/mol. The first-order chi connectivity index (χ1) is 10.8. The van der Waals surface area contributed by atoms with Crippen LogP contribution < -0.4 is 10.6 Å². The monoisotopic (exact) mass is 292 g/mol. The molecule has 3 rings (SSSR count). The van der Waals surface area contributed by atoms with Gasteiger partial charge in [0.05, 0.1) is 17.8 Å². The van der Waals surface area contributed by atoms with Crippen molar-refractivity contribution in [2.75, 3.05) is 0 Å². The summed E-state index contributed by atoms with van der Waals surface area (Å²) in [7, 11) is 0. The van der Waals surface area contributed by atoms with Crippen LogP contribution in [0.25, 0.3) is 6.20 Å². The van der Waals surface area contributed by atoms with Gasteiger partial charge >= 0.3 is 5.97 Å². The Kier molecular flexibility index (Phi) is 4.39. The molecule has 0 bridgehead atoms. The van der Waals surface area contributed by atoms with E-state index >= 15 is 0 Å². The summed E-state index contributed by atoms with van der Waals surface area (Å²) in [6.07, 6.45) is 3.64. The van der Waals surface area contributed by atoms with Crippen LogP contribution in [-0.4, -0.2) is 18.2 Å². The molecule has 0 saturated heterocycles. The van der Waals surface area contributed by atoms with Gasteiger partial charge in [0.25, 0.3) is 0 Å². The number of fused-ring (bicyclic) bond motifs is 1. The zero-order valence-corrected chi connectivity index (χ0v) is 12.1. The second kappa shape index (κ2) is 6.80. The second-order valence-electron chi connectivity index (χ2n) is 5.03. The van der Waals surface area contributed by atoms with E-state index in [0.29, 0.717) is 0 Å². The lowest BCUT2D eigenvalue weighted by Gasteiger charge is -2.07. The summed E-state index contributed by atoms with van der Waals surface area (Å²) in [6.45, 7) is 0.284. The summed E-state index contributed by atoms with van der Waals surface area (Å²) in [6, 6.07) is 17.1. The van der Waals surface area contributed by atoms with Crippen LogP contribution in [0.1, 0.15) is 12.0 Å². The highest BCUT2D eigenvalue weighted by Crippen LogP contribution is 2.04. The largest absolute Gasteiger partial charge is 0.461 e. The summed E-state index contributed by atoms with van der Waals surface area (Å²) in [5.41, 5.74) is 0.973. The first-order valence-electron chi connectivity index (χ1n) is 7.17. The third kappa shape index (κ3) is 3.67. The average Bonchev–Trinajstić information content (AvgIpc) is 2.75. The van der Waals surface area contributed by atoms with E-state index in [1.54, 1.807) is 12.4 Å². The maximum atomic E-state index is 12.0. The Bertz CT molecular complexity index is 797. The molecule has 0 spiro atoms. The van der Waals surface area contributed by atoms with E-state index in [1.165, 1.54) is 0 Å². The number of aliphatic imine (C=N–C) groups is 1. The number of nitrogens with zero attached hydrogens (tertiary/aromatic N) is 2. The lowest BCUT2D eigenvalue weighted by molar-refractivity contribution is -0.145. The molecule has 4 heteroatoms. The number of carbonyl (C=O) groups is 1. The molecule has 0 saturated carbocycles. The second-order valence-corrected chi connectivity index (χ2v) is 5.03. The molecule has 1 atom stereocenters. The number of benzene rings is 2. The van der Waals surface area contributed by atoms with E-state index in [1.807, 2.05) is 54.6 Å². The number of ether oxygens (including phenoxy) is 1. The topological polar surface area (TPSA) is 51.0 Å². The highest BCUT2D eigenvalue weighted by Gasteiger charge is 2.12. The number of hydrogen-bond acceptors (Lipinski definition) is 4. The van der Waals surface area contributed by atoms with Gasteiger partial charge in [0.2, 0.25) is 0 Å². The zero-order valence-electron chi connectivity index (χ0n) is 12.1. The third-order valence-electron chi connectivity index (χ3n) is 3.33.